The van der Waals surface area contributed by atoms with Crippen molar-refractivity contribution >= 4 is 5.91 Å². The molecule has 4 rings (SSSR count). The molecule has 192 valence electrons. The van der Waals surface area contributed by atoms with Crippen molar-refractivity contribution in [2.75, 3.05) is 39.3 Å². The highest BCUT2D eigenvalue weighted by atomic mass is 19.1. The van der Waals surface area contributed by atoms with Gasteiger partial charge < -0.3 is 19.6 Å². The minimum atomic E-state index is -1.15. The van der Waals surface area contributed by atoms with Gasteiger partial charge in [-0.25, -0.2) is 4.39 Å². The van der Waals surface area contributed by atoms with Crippen LogP contribution < -0.4 is 4.74 Å². The lowest BCUT2D eigenvalue weighted by atomic mass is 9.84. The number of amides is 1. The molecule has 6 nitrogen and oxygen atoms in total. The molecule has 3 atom stereocenters. The summed E-state index contributed by atoms with van der Waals surface area (Å²) in [4.78, 5) is 21.5. The van der Waals surface area contributed by atoms with Crippen LogP contribution in [-0.2, 0) is 4.79 Å². The molecule has 2 aliphatic heterocycles. The number of aliphatic hydroxyl groups is 1. The van der Waals surface area contributed by atoms with Crippen LogP contribution in [0.4, 0.5) is 4.39 Å². The molecule has 35 heavy (non-hydrogen) atoms. The average Bonchev–Trinajstić information content (AvgIpc) is 2.82. The van der Waals surface area contributed by atoms with Crippen LogP contribution in [0.5, 0.6) is 5.75 Å². The second-order valence-electron chi connectivity index (χ2n) is 11.1. The predicted molar refractivity (Wildman–Crippen MR) is 135 cm³/mol. The number of allylic oxidation sites excluding steroid dienone is 2. The van der Waals surface area contributed by atoms with Gasteiger partial charge in [-0.05, 0) is 76.6 Å². The number of likely N-dealkylation sites (tertiary alicyclic amines) is 2. The van der Waals surface area contributed by atoms with Gasteiger partial charge >= 0.3 is 0 Å². The highest BCUT2D eigenvalue weighted by Gasteiger charge is 2.28. The van der Waals surface area contributed by atoms with Crippen LogP contribution in [0.1, 0.15) is 58.1 Å². The van der Waals surface area contributed by atoms with Crippen LogP contribution in [0.15, 0.2) is 42.1 Å². The van der Waals surface area contributed by atoms with Gasteiger partial charge in [-0.15, -0.1) is 0 Å². The Hall–Kier alpha value is -2.25. The van der Waals surface area contributed by atoms with Crippen molar-refractivity contribution in [3.8, 4) is 5.75 Å². The summed E-state index contributed by atoms with van der Waals surface area (Å²) in [5, 5.41) is 9.89. The molecule has 3 heterocycles. The zero-order chi connectivity index (χ0) is 25.0. The van der Waals surface area contributed by atoms with Crippen molar-refractivity contribution in [3.63, 3.8) is 0 Å². The number of nitrogens with zero attached hydrogens (tertiary/aromatic N) is 3. The quantitative estimate of drug-likeness (QED) is 0.629. The lowest BCUT2D eigenvalue weighted by Crippen LogP contribution is -2.42. The smallest absolute Gasteiger partial charge is 0.253 e. The van der Waals surface area contributed by atoms with Crippen molar-refractivity contribution in [1.29, 1.82) is 0 Å². The van der Waals surface area contributed by atoms with Gasteiger partial charge in [0.05, 0.1) is 18.9 Å². The molecule has 1 N–H and O–H groups in total. The molecule has 2 saturated heterocycles. The first-order valence-electron chi connectivity index (χ1n) is 13.1. The van der Waals surface area contributed by atoms with Crippen LogP contribution in [0.25, 0.3) is 0 Å². The Kier molecular flexibility index (Phi) is 8.27. The van der Waals surface area contributed by atoms with E-state index in [4.69, 9.17) is 4.74 Å². The average molecular weight is 486 g/mol. The Labute approximate surface area is 208 Å². The van der Waals surface area contributed by atoms with Crippen molar-refractivity contribution in [2.45, 2.75) is 64.1 Å². The van der Waals surface area contributed by atoms with Crippen LogP contribution in [0.2, 0.25) is 0 Å². The zero-order valence-electron chi connectivity index (χ0n) is 21.3. The molecule has 2 fully saturated rings. The Bertz CT molecular complexity index is 916. The maximum absolute atomic E-state index is 13.9. The Morgan fingerprint density at radius 3 is 2.63 bits per heavy atom. The van der Waals surface area contributed by atoms with Gasteiger partial charge in [0.25, 0.3) is 5.91 Å². The first kappa shape index (κ1) is 25.8. The number of pyridine rings is 1. The highest BCUT2D eigenvalue weighted by Crippen LogP contribution is 2.32. The van der Waals surface area contributed by atoms with E-state index < -0.39 is 11.8 Å². The van der Waals surface area contributed by atoms with Crippen LogP contribution in [0, 0.1) is 11.8 Å². The molecular weight excluding hydrogens is 445 g/mol. The Morgan fingerprint density at radius 2 is 2.00 bits per heavy atom. The molecule has 1 amide bonds. The van der Waals surface area contributed by atoms with E-state index in [-0.39, 0.29) is 17.7 Å². The first-order chi connectivity index (χ1) is 16.7. The van der Waals surface area contributed by atoms with E-state index in [1.807, 2.05) is 24.3 Å². The van der Waals surface area contributed by atoms with E-state index in [1.54, 1.807) is 24.9 Å². The number of aliphatic hydroxyl groups excluding tert-OH is 1. The summed E-state index contributed by atoms with van der Waals surface area (Å²) in [6, 6.07) is 3.98. The molecule has 1 aliphatic carbocycles. The molecule has 1 aromatic rings. The number of aromatic nitrogens is 1. The van der Waals surface area contributed by atoms with Crippen molar-refractivity contribution in [2.24, 2.45) is 11.8 Å². The summed E-state index contributed by atoms with van der Waals surface area (Å²) in [5.41, 5.74) is 0.509. The fraction of sp³-hybridized carbons (Fsp3) is 0.643. The maximum atomic E-state index is 13.9. The van der Waals surface area contributed by atoms with Crippen LogP contribution >= 0.6 is 0 Å². The topological polar surface area (TPSA) is 65.9 Å². The molecular formula is C28H40FN3O3. The van der Waals surface area contributed by atoms with Crippen molar-refractivity contribution < 1.29 is 19.0 Å². The Morgan fingerprint density at radius 1 is 1.23 bits per heavy atom. The lowest BCUT2D eigenvalue weighted by Gasteiger charge is -2.34. The SMILES string of the molecule is CC1C=C(C(=O)N2CCC[C@@H](O)C2)C=CC1c1ccc(OCC2CCN(CC(C)(C)F)CC2)cn1. The summed E-state index contributed by atoms with van der Waals surface area (Å²) in [7, 11) is 0. The summed E-state index contributed by atoms with van der Waals surface area (Å²) in [6.45, 7) is 9.49. The molecule has 1 aromatic heterocycles. The number of carbonyl (C=O) groups excluding carboxylic acids is 1. The number of ether oxygens (including phenoxy) is 1. The van der Waals surface area contributed by atoms with E-state index in [0.29, 0.717) is 37.7 Å². The summed E-state index contributed by atoms with van der Waals surface area (Å²) >= 11 is 0. The number of rotatable bonds is 7. The van der Waals surface area contributed by atoms with Crippen LogP contribution in [0.3, 0.4) is 0 Å². The van der Waals surface area contributed by atoms with E-state index in [0.717, 1.165) is 50.2 Å². The van der Waals surface area contributed by atoms with Gasteiger partial charge in [-0.3, -0.25) is 9.78 Å². The molecule has 2 unspecified atom stereocenters. The number of piperidine rings is 2. The van der Waals surface area contributed by atoms with Crippen molar-refractivity contribution in [3.05, 3.63) is 47.8 Å². The fourth-order valence-corrected chi connectivity index (χ4v) is 5.39. The van der Waals surface area contributed by atoms with E-state index in [2.05, 4.69) is 22.9 Å². The lowest BCUT2D eigenvalue weighted by molar-refractivity contribution is -0.129. The normalized spacial score (nSPS) is 26.5. The molecule has 0 aromatic carbocycles. The zero-order valence-corrected chi connectivity index (χ0v) is 21.3. The van der Waals surface area contributed by atoms with Crippen LogP contribution in [-0.4, -0.2) is 76.9 Å². The third-order valence-corrected chi connectivity index (χ3v) is 7.32. The second-order valence-corrected chi connectivity index (χ2v) is 11.1. The predicted octanol–water partition coefficient (Wildman–Crippen LogP) is 4.12. The maximum Gasteiger partial charge on any atom is 0.253 e. The molecule has 7 heteroatoms. The minimum absolute atomic E-state index is 0.00115. The molecule has 0 radical (unpaired) electrons. The van der Waals surface area contributed by atoms with E-state index >= 15 is 0 Å². The van der Waals surface area contributed by atoms with Gasteiger partial charge in [0.15, 0.2) is 0 Å². The number of hydrogen-bond donors (Lipinski definition) is 1. The number of alkyl halides is 1. The van der Waals surface area contributed by atoms with Gasteiger partial charge in [-0.2, -0.15) is 0 Å². The molecule has 0 spiro atoms. The fourth-order valence-electron chi connectivity index (χ4n) is 5.39. The molecule has 3 aliphatic rings. The van der Waals surface area contributed by atoms with Gasteiger partial charge in [0.2, 0.25) is 0 Å². The Balaban J connectivity index is 1.25. The third-order valence-electron chi connectivity index (χ3n) is 7.32. The monoisotopic (exact) mass is 485 g/mol. The number of halogens is 1. The number of hydrogen-bond acceptors (Lipinski definition) is 5. The van der Waals surface area contributed by atoms with E-state index in [1.165, 1.54) is 0 Å². The summed E-state index contributed by atoms with van der Waals surface area (Å²) in [6.07, 6.45) is 11.0. The van der Waals surface area contributed by atoms with Gasteiger partial charge in [-0.1, -0.05) is 25.2 Å². The van der Waals surface area contributed by atoms with Gasteiger partial charge in [0, 0.05) is 36.8 Å². The summed E-state index contributed by atoms with van der Waals surface area (Å²) in [5.74, 6) is 1.51. The largest absolute Gasteiger partial charge is 0.492 e. The molecule has 0 saturated carbocycles. The number of carbonyl (C=O) groups is 1. The third kappa shape index (κ3) is 7.14. The summed E-state index contributed by atoms with van der Waals surface area (Å²) < 4.78 is 19.9. The second kappa shape index (κ2) is 11.2. The van der Waals surface area contributed by atoms with Crippen molar-refractivity contribution in [1.82, 2.24) is 14.8 Å². The minimum Gasteiger partial charge on any atom is -0.492 e. The van der Waals surface area contributed by atoms with E-state index in [9.17, 15) is 14.3 Å². The highest BCUT2D eigenvalue weighted by molar-refractivity contribution is 5.96. The van der Waals surface area contributed by atoms with Gasteiger partial charge in [0.1, 0.15) is 11.4 Å². The first-order valence-corrected chi connectivity index (χ1v) is 13.1. The molecule has 0 bridgehead atoms. The number of β-amino-alcohol motifs (C(OH)–C–C–N with tert-alkyl or cyclic N) is 1. The standard InChI is InChI=1S/C28H40FN3O3/c1-20-15-22(27(34)32-12-4-5-23(33)17-32)6-8-25(20)26-9-7-24(16-30-26)35-18-21-10-13-31(14-11-21)19-28(2,3)29/h6-9,15-16,20-21,23,25,33H,4-5,10-14,17-19H2,1-3H3/t20?,23-,25?/m1/s1.